The van der Waals surface area contributed by atoms with Crippen LogP contribution in [0.1, 0.15) is 39.8 Å². The molecule has 3 aromatic rings. The maximum absolute atomic E-state index is 13.4. The lowest BCUT2D eigenvalue weighted by Crippen LogP contribution is -2.35. The molecule has 1 fully saturated rings. The number of carbonyl (C=O) groups is 2. The van der Waals surface area contributed by atoms with E-state index in [4.69, 9.17) is 16.3 Å². The number of para-hydroxylation sites is 1. The van der Waals surface area contributed by atoms with Gasteiger partial charge in [-0.15, -0.1) is 0 Å². The lowest BCUT2D eigenvalue weighted by molar-refractivity contribution is 0.0525. The highest BCUT2D eigenvalue weighted by Crippen LogP contribution is 2.25. The quantitative estimate of drug-likeness (QED) is 0.531. The smallest absolute Gasteiger partial charge is 0.339 e. The summed E-state index contributed by atoms with van der Waals surface area (Å²) in [5.41, 5.74) is 2.27. The highest BCUT2D eigenvalue weighted by molar-refractivity contribution is 6.33. The van der Waals surface area contributed by atoms with Gasteiger partial charge in [0, 0.05) is 32.4 Å². The van der Waals surface area contributed by atoms with Crippen LogP contribution in [-0.4, -0.2) is 64.3 Å². The van der Waals surface area contributed by atoms with Gasteiger partial charge in [0.05, 0.1) is 29.1 Å². The van der Waals surface area contributed by atoms with Gasteiger partial charge < -0.3 is 14.5 Å². The van der Waals surface area contributed by atoms with Crippen molar-refractivity contribution in [2.75, 3.05) is 37.7 Å². The van der Waals surface area contributed by atoms with E-state index in [9.17, 15) is 9.59 Å². The molecule has 0 atom stereocenters. The Balaban J connectivity index is 1.47. The van der Waals surface area contributed by atoms with Crippen molar-refractivity contribution in [2.45, 2.75) is 20.3 Å². The Morgan fingerprint density at radius 1 is 1.06 bits per heavy atom. The summed E-state index contributed by atoms with van der Waals surface area (Å²) in [7, 11) is 0. The van der Waals surface area contributed by atoms with Crippen LogP contribution < -0.4 is 4.90 Å². The molecule has 0 spiro atoms. The molecule has 33 heavy (non-hydrogen) atoms. The second-order valence-corrected chi connectivity index (χ2v) is 8.11. The van der Waals surface area contributed by atoms with Crippen LogP contribution in [0, 0.1) is 6.92 Å². The van der Waals surface area contributed by atoms with Crippen LogP contribution in [0.2, 0.25) is 5.15 Å². The molecule has 3 heterocycles. The molecular weight excluding hydrogens is 442 g/mol. The molecule has 9 heteroatoms. The zero-order chi connectivity index (χ0) is 23.4. The number of aryl methyl sites for hydroxylation is 1. The number of halogens is 1. The summed E-state index contributed by atoms with van der Waals surface area (Å²) in [4.78, 5) is 33.6. The molecule has 1 aliphatic heterocycles. The minimum absolute atomic E-state index is 0.118. The Hall–Kier alpha value is -3.39. The SMILES string of the molecule is CCOC(=O)c1ccc(N2CCCN(C(=O)c3c(C)nn(-c4ccccc4)c3Cl)CC2)nc1. The Labute approximate surface area is 197 Å². The van der Waals surface area contributed by atoms with E-state index in [1.807, 2.05) is 41.3 Å². The van der Waals surface area contributed by atoms with Gasteiger partial charge in [-0.25, -0.2) is 14.5 Å². The average molecular weight is 468 g/mol. The van der Waals surface area contributed by atoms with Gasteiger partial charge in [0.2, 0.25) is 0 Å². The van der Waals surface area contributed by atoms with Gasteiger partial charge in [0.15, 0.2) is 0 Å². The van der Waals surface area contributed by atoms with Crippen LogP contribution in [0.15, 0.2) is 48.7 Å². The molecule has 1 aliphatic rings. The minimum atomic E-state index is -0.382. The van der Waals surface area contributed by atoms with Gasteiger partial charge >= 0.3 is 5.97 Å². The predicted molar refractivity (Wildman–Crippen MR) is 126 cm³/mol. The molecular formula is C24H26ClN5O3. The Kier molecular flexibility index (Phi) is 6.93. The van der Waals surface area contributed by atoms with E-state index in [0.29, 0.717) is 48.2 Å². The van der Waals surface area contributed by atoms with Gasteiger partial charge in [0.25, 0.3) is 5.91 Å². The molecule has 1 amide bonds. The lowest BCUT2D eigenvalue weighted by Gasteiger charge is -2.23. The van der Waals surface area contributed by atoms with Gasteiger partial charge in [-0.2, -0.15) is 5.10 Å². The number of esters is 1. The standard InChI is InChI=1S/C24H26ClN5O3/c1-3-33-24(32)18-10-11-20(26-16-18)28-12-7-13-29(15-14-28)23(31)21-17(2)27-30(22(21)25)19-8-5-4-6-9-19/h4-6,8-11,16H,3,7,12-15H2,1-2H3. The van der Waals surface area contributed by atoms with Crippen molar-refractivity contribution in [3.8, 4) is 5.69 Å². The van der Waals surface area contributed by atoms with Crippen molar-refractivity contribution in [3.05, 3.63) is 70.6 Å². The summed E-state index contributed by atoms with van der Waals surface area (Å²) in [5.74, 6) is 0.267. The van der Waals surface area contributed by atoms with Crippen molar-refractivity contribution in [3.63, 3.8) is 0 Å². The molecule has 0 unspecified atom stereocenters. The first-order chi connectivity index (χ1) is 16.0. The Morgan fingerprint density at radius 3 is 2.55 bits per heavy atom. The summed E-state index contributed by atoms with van der Waals surface area (Å²) in [6.45, 7) is 6.43. The van der Waals surface area contributed by atoms with Crippen molar-refractivity contribution >= 4 is 29.3 Å². The first-order valence-corrected chi connectivity index (χ1v) is 11.3. The largest absolute Gasteiger partial charge is 0.462 e. The normalized spacial score (nSPS) is 14.2. The van der Waals surface area contributed by atoms with E-state index in [1.54, 1.807) is 24.6 Å². The summed E-state index contributed by atoms with van der Waals surface area (Å²) < 4.78 is 6.61. The lowest BCUT2D eigenvalue weighted by atomic mass is 10.2. The van der Waals surface area contributed by atoms with E-state index in [0.717, 1.165) is 24.5 Å². The van der Waals surface area contributed by atoms with E-state index in [-0.39, 0.29) is 11.9 Å². The molecule has 0 radical (unpaired) electrons. The molecule has 2 aromatic heterocycles. The van der Waals surface area contributed by atoms with Crippen LogP contribution in [0.3, 0.4) is 0 Å². The number of anilines is 1. The van der Waals surface area contributed by atoms with Crippen LogP contribution in [0.4, 0.5) is 5.82 Å². The molecule has 172 valence electrons. The maximum Gasteiger partial charge on any atom is 0.339 e. The zero-order valence-electron chi connectivity index (χ0n) is 18.7. The van der Waals surface area contributed by atoms with Crippen molar-refractivity contribution in [2.24, 2.45) is 0 Å². The van der Waals surface area contributed by atoms with E-state index >= 15 is 0 Å². The number of ether oxygens (including phenoxy) is 1. The molecule has 0 bridgehead atoms. The Bertz CT molecular complexity index is 1130. The van der Waals surface area contributed by atoms with Crippen LogP contribution in [-0.2, 0) is 4.74 Å². The molecule has 1 aromatic carbocycles. The third-order valence-corrected chi connectivity index (χ3v) is 5.93. The average Bonchev–Trinajstić information content (AvgIpc) is 2.99. The second-order valence-electron chi connectivity index (χ2n) is 7.76. The number of pyridine rings is 1. The highest BCUT2D eigenvalue weighted by atomic mass is 35.5. The molecule has 1 saturated heterocycles. The molecule has 0 saturated carbocycles. The molecule has 0 N–H and O–H groups in total. The van der Waals surface area contributed by atoms with Crippen LogP contribution >= 0.6 is 11.6 Å². The molecule has 0 aliphatic carbocycles. The van der Waals surface area contributed by atoms with E-state index in [1.165, 1.54) is 6.20 Å². The fraction of sp³-hybridized carbons (Fsp3) is 0.333. The Morgan fingerprint density at radius 2 is 1.85 bits per heavy atom. The zero-order valence-corrected chi connectivity index (χ0v) is 19.5. The number of benzene rings is 1. The van der Waals surface area contributed by atoms with Gasteiger partial charge in [-0.05, 0) is 44.5 Å². The number of carbonyl (C=O) groups excluding carboxylic acids is 2. The first-order valence-electron chi connectivity index (χ1n) is 11.0. The number of hydrogen-bond donors (Lipinski definition) is 0. The highest BCUT2D eigenvalue weighted by Gasteiger charge is 2.27. The minimum Gasteiger partial charge on any atom is -0.462 e. The van der Waals surface area contributed by atoms with E-state index < -0.39 is 0 Å². The fourth-order valence-corrected chi connectivity index (χ4v) is 4.25. The number of aromatic nitrogens is 3. The predicted octanol–water partition coefficient (Wildman–Crippen LogP) is 3.76. The summed E-state index contributed by atoms with van der Waals surface area (Å²) in [6, 6.07) is 13.1. The van der Waals surface area contributed by atoms with Gasteiger partial charge in [0.1, 0.15) is 11.0 Å². The van der Waals surface area contributed by atoms with Crippen molar-refractivity contribution < 1.29 is 14.3 Å². The fourth-order valence-electron chi connectivity index (χ4n) is 3.90. The van der Waals surface area contributed by atoms with Crippen molar-refractivity contribution in [1.82, 2.24) is 19.7 Å². The summed E-state index contributed by atoms with van der Waals surface area (Å²) in [6.07, 6.45) is 2.32. The molecule has 8 nitrogen and oxygen atoms in total. The van der Waals surface area contributed by atoms with Crippen LogP contribution in [0.25, 0.3) is 5.69 Å². The number of hydrogen-bond acceptors (Lipinski definition) is 6. The number of nitrogens with zero attached hydrogens (tertiary/aromatic N) is 5. The third kappa shape index (κ3) is 4.85. The van der Waals surface area contributed by atoms with E-state index in [2.05, 4.69) is 15.0 Å². The van der Waals surface area contributed by atoms with Crippen LogP contribution in [0.5, 0.6) is 0 Å². The molecule has 4 rings (SSSR count). The maximum atomic E-state index is 13.4. The monoisotopic (exact) mass is 467 g/mol. The topological polar surface area (TPSA) is 80.6 Å². The summed E-state index contributed by atoms with van der Waals surface area (Å²) >= 11 is 6.60. The third-order valence-electron chi connectivity index (χ3n) is 5.58. The van der Waals surface area contributed by atoms with Gasteiger partial charge in [-0.3, -0.25) is 4.79 Å². The first kappa shape index (κ1) is 22.8. The number of amides is 1. The van der Waals surface area contributed by atoms with Crippen molar-refractivity contribution in [1.29, 1.82) is 0 Å². The number of rotatable bonds is 5. The summed E-state index contributed by atoms with van der Waals surface area (Å²) in [5, 5.41) is 4.82. The van der Waals surface area contributed by atoms with Gasteiger partial charge in [-0.1, -0.05) is 29.8 Å². The second kappa shape index (κ2) is 10.0.